The highest BCUT2D eigenvalue weighted by Crippen LogP contribution is 2.51. The van der Waals surface area contributed by atoms with Crippen molar-refractivity contribution in [1.82, 2.24) is 0 Å². The fourth-order valence-corrected chi connectivity index (χ4v) is 3.31. The summed E-state index contributed by atoms with van der Waals surface area (Å²) in [5.74, 6) is -0.430. The fraction of sp³-hybridized carbons (Fsp3) is 0.214. The van der Waals surface area contributed by atoms with Gasteiger partial charge in [0.05, 0.1) is 5.66 Å². The molecule has 0 amide bonds. The summed E-state index contributed by atoms with van der Waals surface area (Å²) in [4.78, 5) is 30.7. The number of carbonyl (C=O) groups excluding carboxylic acids is 1. The fourth-order valence-electron chi connectivity index (χ4n) is 1.82. The zero-order valence-electron chi connectivity index (χ0n) is 11.4. The highest BCUT2D eigenvalue weighted by atomic mass is 32.1. The van der Waals surface area contributed by atoms with E-state index in [0.717, 1.165) is 10.1 Å². The van der Waals surface area contributed by atoms with Gasteiger partial charge in [-0.05, 0) is 36.1 Å². The van der Waals surface area contributed by atoms with E-state index in [9.17, 15) is 19.1 Å². The number of benzene rings is 1. The van der Waals surface area contributed by atoms with Gasteiger partial charge in [0.25, 0.3) is 0 Å². The van der Waals surface area contributed by atoms with Crippen molar-refractivity contribution in [3.05, 3.63) is 47.4 Å². The van der Waals surface area contributed by atoms with Crippen LogP contribution in [0.5, 0.6) is 0 Å². The number of esters is 1. The predicted molar refractivity (Wildman–Crippen MR) is 82.8 cm³/mol. The monoisotopic (exact) mass is 326 g/mol. The molecule has 1 aromatic heterocycles. The number of fused-ring (bicyclic) bond motifs is 1. The molecule has 112 valence electrons. The average Bonchev–Trinajstić information content (AvgIpc) is 2.85. The molecular formula is C14H15O5PS. The van der Waals surface area contributed by atoms with Gasteiger partial charge in [0.1, 0.15) is 11.5 Å². The summed E-state index contributed by atoms with van der Waals surface area (Å²) in [7, 11) is -4.18. The largest absolute Gasteiger partial charge is 0.457 e. The molecule has 2 rings (SSSR count). The highest BCUT2D eigenvalue weighted by Gasteiger charge is 2.26. The second-order valence-corrected chi connectivity index (χ2v) is 7.60. The van der Waals surface area contributed by atoms with Gasteiger partial charge in [0.15, 0.2) is 0 Å². The van der Waals surface area contributed by atoms with Gasteiger partial charge in [-0.1, -0.05) is 18.7 Å². The summed E-state index contributed by atoms with van der Waals surface area (Å²) in [5, 5.41) is 0.767. The molecule has 0 spiro atoms. The molecular weight excluding hydrogens is 311 g/mol. The number of hydrogen-bond acceptors (Lipinski definition) is 4. The second-order valence-electron chi connectivity index (χ2n) is 4.56. The summed E-state index contributed by atoms with van der Waals surface area (Å²) >= 11 is 1.28. The van der Waals surface area contributed by atoms with Crippen molar-refractivity contribution in [2.24, 2.45) is 0 Å². The number of hydrogen-bond donors (Lipinski definition) is 2. The van der Waals surface area contributed by atoms with E-state index >= 15 is 0 Å². The van der Waals surface area contributed by atoms with E-state index in [1.54, 1.807) is 24.3 Å². The summed E-state index contributed by atoms with van der Waals surface area (Å²) in [5.41, 5.74) is -0.336. The van der Waals surface area contributed by atoms with Gasteiger partial charge in [-0.15, -0.1) is 11.3 Å². The molecule has 1 aromatic carbocycles. The molecule has 0 radical (unpaired) electrons. The quantitative estimate of drug-likeness (QED) is 0.499. The second kappa shape index (κ2) is 6.12. The first kappa shape index (κ1) is 15.9. The molecule has 2 aromatic rings. The molecule has 1 heterocycles. The summed E-state index contributed by atoms with van der Waals surface area (Å²) in [6.45, 7) is 5.10. The van der Waals surface area contributed by atoms with Gasteiger partial charge < -0.3 is 14.5 Å². The first-order chi connectivity index (χ1) is 9.82. The van der Waals surface area contributed by atoms with Crippen LogP contribution in [0.3, 0.4) is 0 Å². The smallest absolute Gasteiger partial charge is 0.348 e. The molecule has 21 heavy (non-hydrogen) atoms. The molecule has 0 aliphatic carbocycles. The first-order valence-corrected chi connectivity index (χ1v) is 8.69. The van der Waals surface area contributed by atoms with Crippen LogP contribution in [0.2, 0.25) is 0 Å². The van der Waals surface area contributed by atoms with Crippen LogP contribution >= 0.6 is 18.9 Å². The summed E-state index contributed by atoms with van der Waals surface area (Å²) in [6, 6.07) is 6.79. The van der Waals surface area contributed by atoms with Crippen LogP contribution in [0.25, 0.3) is 10.1 Å². The molecule has 1 atom stereocenters. The van der Waals surface area contributed by atoms with Crippen LogP contribution in [-0.4, -0.2) is 22.4 Å². The Kier molecular flexibility index (Phi) is 4.64. The Balaban J connectivity index is 2.34. The predicted octanol–water partition coefficient (Wildman–Crippen LogP) is 3.48. The van der Waals surface area contributed by atoms with Gasteiger partial charge in [0.2, 0.25) is 0 Å². The first-order valence-electron chi connectivity index (χ1n) is 6.19. The van der Waals surface area contributed by atoms with Crippen LogP contribution in [-0.2, 0) is 9.30 Å². The van der Waals surface area contributed by atoms with Crippen molar-refractivity contribution in [2.75, 3.05) is 6.61 Å². The van der Waals surface area contributed by atoms with Gasteiger partial charge >= 0.3 is 13.6 Å². The standard InChI is InChI=1S/C14H15O5PS/c1-3-6-19-14(15)13-8-11-7-10(4-5-12(11)21-13)9(2)20(16,17)18/h3-5,7-9H,1,6H2,2H3,(H2,16,17,18). The van der Waals surface area contributed by atoms with E-state index in [4.69, 9.17) is 4.74 Å². The molecule has 0 fully saturated rings. The molecule has 0 saturated heterocycles. The van der Waals surface area contributed by atoms with Crippen LogP contribution in [0, 0.1) is 0 Å². The highest BCUT2D eigenvalue weighted by molar-refractivity contribution is 7.52. The molecule has 1 unspecified atom stereocenters. The zero-order valence-corrected chi connectivity index (χ0v) is 13.1. The SMILES string of the molecule is C=CCOC(=O)c1cc2cc(C(C)P(=O)(O)O)ccc2s1. The number of carbonyl (C=O) groups is 1. The minimum atomic E-state index is -4.18. The lowest BCUT2D eigenvalue weighted by molar-refractivity contribution is 0.0555. The average molecular weight is 326 g/mol. The Hall–Kier alpha value is -1.46. The van der Waals surface area contributed by atoms with E-state index in [1.807, 2.05) is 0 Å². The number of ether oxygens (including phenoxy) is 1. The minimum Gasteiger partial charge on any atom is -0.457 e. The molecule has 0 aliphatic rings. The van der Waals surface area contributed by atoms with Gasteiger partial charge in [-0.3, -0.25) is 4.57 Å². The lowest BCUT2D eigenvalue weighted by atomic mass is 10.1. The van der Waals surface area contributed by atoms with E-state index in [0.29, 0.717) is 10.4 Å². The van der Waals surface area contributed by atoms with Crippen molar-refractivity contribution < 1.29 is 23.9 Å². The van der Waals surface area contributed by atoms with Crippen molar-refractivity contribution >= 4 is 35.0 Å². The van der Waals surface area contributed by atoms with Crippen molar-refractivity contribution in [1.29, 1.82) is 0 Å². The molecule has 0 bridgehead atoms. The molecule has 0 aliphatic heterocycles. The van der Waals surface area contributed by atoms with Crippen molar-refractivity contribution in [3.8, 4) is 0 Å². The third kappa shape index (κ3) is 3.60. The molecule has 7 heteroatoms. The van der Waals surface area contributed by atoms with E-state index < -0.39 is 19.2 Å². The topological polar surface area (TPSA) is 83.8 Å². The Morgan fingerprint density at radius 3 is 2.81 bits per heavy atom. The van der Waals surface area contributed by atoms with Crippen LogP contribution in [0.1, 0.15) is 27.8 Å². The van der Waals surface area contributed by atoms with Crippen molar-refractivity contribution in [3.63, 3.8) is 0 Å². The lowest BCUT2D eigenvalue weighted by Gasteiger charge is -2.13. The Morgan fingerprint density at radius 1 is 1.48 bits per heavy atom. The third-order valence-corrected chi connectivity index (χ3v) is 5.46. The van der Waals surface area contributed by atoms with E-state index in [-0.39, 0.29) is 6.61 Å². The molecule has 5 nitrogen and oxygen atoms in total. The molecule has 2 N–H and O–H groups in total. The van der Waals surface area contributed by atoms with Gasteiger partial charge in [-0.2, -0.15) is 0 Å². The van der Waals surface area contributed by atoms with E-state index in [2.05, 4.69) is 6.58 Å². The van der Waals surface area contributed by atoms with Gasteiger partial charge in [0, 0.05) is 4.70 Å². The van der Waals surface area contributed by atoms with Crippen LogP contribution in [0.4, 0.5) is 0 Å². The minimum absolute atomic E-state index is 0.146. The maximum atomic E-state index is 11.8. The molecule has 0 saturated carbocycles. The normalized spacial score (nSPS) is 13.1. The Morgan fingerprint density at radius 2 is 2.19 bits per heavy atom. The van der Waals surface area contributed by atoms with E-state index in [1.165, 1.54) is 24.3 Å². The Labute approximate surface area is 126 Å². The number of thiophene rings is 1. The van der Waals surface area contributed by atoms with Crippen molar-refractivity contribution in [2.45, 2.75) is 12.6 Å². The lowest BCUT2D eigenvalue weighted by Crippen LogP contribution is -2.02. The van der Waals surface area contributed by atoms with Crippen LogP contribution in [0.15, 0.2) is 36.9 Å². The maximum absolute atomic E-state index is 11.8. The summed E-state index contributed by atoms with van der Waals surface area (Å²) in [6.07, 6.45) is 1.49. The Bertz CT molecular complexity index is 730. The summed E-state index contributed by atoms with van der Waals surface area (Å²) < 4.78 is 17.1. The zero-order chi connectivity index (χ0) is 15.6. The number of rotatable bonds is 5. The van der Waals surface area contributed by atoms with Gasteiger partial charge in [-0.25, -0.2) is 4.79 Å². The maximum Gasteiger partial charge on any atom is 0.348 e. The van der Waals surface area contributed by atoms with Crippen LogP contribution < -0.4 is 0 Å². The third-order valence-electron chi connectivity index (χ3n) is 3.06.